The summed E-state index contributed by atoms with van der Waals surface area (Å²) in [7, 11) is 5.26. The molecule has 5 saturated carbocycles. The summed E-state index contributed by atoms with van der Waals surface area (Å²) in [6.45, 7) is 4.57. The third-order valence-corrected chi connectivity index (χ3v) is 11.1. The molecular weight excluding hydrogens is 398 g/mol. The molecule has 7 bridgehead atoms. The molecule has 1 spiro atoms. The molecule has 6 fully saturated rings. The minimum Gasteiger partial charge on any atom is -0.392 e. The summed E-state index contributed by atoms with van der Waals surface area (Å²) in [6.07, 6.45) is 1.86. The number of hydrogen-bond donors (Lipinski definition) is 3. The predicted octanol–water partition coefficient (Wildman–Crippen LogP) is 0.502. The fourth-order valence-electron chi connectivity index (χ4n) is 10.7. The molecule has 0 radical (unpaired) electrons. The summed E-state index contributed by atoms with van der Waals surface area (Å²) >= 11 is 0. The van der Waals surface area contributed by atoms with Crippen molar-refractivity contribution in [3.63, 3.8) is 0 Å². The third kappa shape index (κ3) is 2.12. The van der Waals surface area contributed by atoms with Crippen LogP contribution in [0.4, 0.5) is 0 Å². The van der Waals surface area contributed by atoms with E-state index in [1.54, 1.807) is 14.2 Å². The van der Waals surface area contributed by atoms with Gasteiger partial charge in [0.1, 0.15) is 0 Å². The Hall–Kier alpha value is -0.280. The SMILES string of the molecule is CCN1C[C@]2(COC)CC[C@H](OC)[C@]34C1[C@H]([C@H](O)[C@H]23)[C@@]1(O)C[C@H](OC)[C@H]2C[C@@H]4[C@@H]1[C@H]2O. The quantitative estimate of drug-likeness (QED) is 0.577. The second-order valence-corrected chi connectivity index (χ2v) is 11.6. The first-order valence-corrected chi connectivity index (χ1v) is 12.2. The number of aliphatic hydroxyl groups is 3. The predicted molar refractivity (Wildman–Crippen MR) is 112 cm³/mol. The van der Waals surface area contributed by atoms with Crippen molar-refractivity contribution in [1.29, 1.82) is 0 Å². The van der Waals surface area contributed by atoms with Gasteiger partial charge in [0.15, 0.2) is 0 Å². The largest absolute Gasteiger partial charge is 0.392 e. The molecule has 1 unspecified atom stereocenters. The second kappa shape index (κ2) is 6.65. The highest BCUT2D eigenvalue weighted by Crippen LogP contribution is 2.79. The topological polar surface area (TPSA) is 91.6 Å². The van der Waals surface area contributed by atoms with Crippen molar-refractivity contribution in [2.24, 2.45) is 40.4 Å². The minimum atomic E-state index is -1.13. The molecule has 6 aliphatic rings. The first-order valence-electron chi connectivity index (χ1n) is 12.2. The monoisotopic (exact) mass is 437 g/mol. The number of ether oxygens (including phenoxy) is 3. The Morgan fingerprint density at radius 2 is 1.84 bits per heavy atom. The first kappa shape index (κ1) is 21.3. The molecule has 0 aromatic heterocycles. The van der Waals surface area contributed by atoms with Crippen molar-refractivity contribution in [2.75, 3.05) is 41.0 Å². The van der Waals surface area contributed by atoms with Crippen LogP contribution < -0.4 is 0 Å². The van der Waals surface area contributed by atoms with Gasteiger partial charge in [-0.2, -0.15) is 0 Å². The lowest BCUT2D eigenvalue weighted by Gasteiger charge is -2.69. The Balaban J connectivity index is 1.62. The van der Waals surface area contributed by atoms with E-state index in [0.29, 0.717) is 13.0 Å². The number of rotatable bonds is 5. The number of likely N-dealkylation sites (tertiary alicyclic amines) is 1. The van der Waals surface area contributed by atoms with Crippen molar-refractivity contribution in [2.45, 2.75) is 68.7 Å². The maximum absolute atomic E-state index is 12.4. The number of nitrogens with zero attached hydrogens (tertiary/aromatic N) is 1. The molecule has 1 saturated heterocycles. The average Bonchev–Trinajstić information content (AvgIpc) is 3.14. The van der Waals surface area contributed by atoms with Crippen molar-refractivity contribution in [1.82, 2.24) is 4.90 Å². The van der Waals surface area contributed by atoms with Gasteiger partial charge < -0.3 is 29.5 Å². The van der Waals surface area contributed by atoms with E-state index in [-0.39, 0.29) is 58.7 Å². The van der Waals surface area contributed by atoms with Crippen LogP contribution in [-0.2, 0) is 14.2 Å². The lowest BCUT2D eigenvalue weighted by molar-refractivity contribution is -0.276. The first-order chi connectivity index (χ1) is 14.9. The highest BCUT2D eigenvalue weighted by atomic mass is 16.5. The molecule has 0 amide bonds. The normalized spacial score (nSPS) is 61.6. The van der Waals surface area contributed by atoms with Crippen LogP contribution in [0.15, 0.2) is 0 Å². The van der Waals surface area contributed by atoms with Gasteiger partial charge in [-0.25, -0.2) is 0 Å². The van der Waals surface area contributed by atoms with E-state index >= 15 is 0 Å². The molecule has 31 heavy (non-hydrogen) atoms. The van der Waals surface area contributed by atoms with Crippen molar-refractivity contribution >= 4 is 0 Å². The number of piperidine rings is 1. The van der Waals surface area contributed by atoms with Gasteiger partial charge in [0, 0.05) is 74.8 Å². The molecule has 6 rings (SSSR count). The van der Waals surface area contributed by atoms with Crippen LogP contribution in [0.3, 0.4) is 0 Å². The van der Waals surface area contributed by atoms with Crippen molar-refractivity contribution in [3.05, 3.63) is 0 Å². The van der Waals surface area contributed by atoms with E-state index in [9.17, 15) is 15.3 Å². The minimum absolute atomic E-state index is 0.0167. The van der Waals surface area contributed by atoms with Crippen LogP contribution in [0.5, 0.6) is 0 Å². The Kier molecular flexibility index (Phi) is 4.56. The average molecular weight is 438 g/mol. The Labute approximate surface area is 185 Å². The van der Waals surface area contributed by atoms with Crippen LogP contribution in [0.2, 0.25) is 0 Å². The summed E-state index contributed by atoms with van der Waals surface area (Å²) in [5.74, 6) is -0.366. The van der Waals surface area contributed by atoms with Crippen LogP contribution >= 0.6 is 0 Å². The molecule has 1 aliphatic heterocycles. The van der Waals surface area contributed by atoms with Gasteiger partial charge in [0.25, 0.3) is 0 Å². The van der Waals surface area contributed by atoms with Crippen LogP contribution in [0.25, 0.3) is 0 Å². The summed E-state index contributed by atoms with van der Waals surface area (Å²) in [6, 6.07) is 0.0561. The summed E-state index contributed by atoms with van der Waals surface area (Å²) < 4.78 is 17.9. The number of hydrogen-bond acceptors (Lipinski definition) is 7. The van der Waals surface area contributed by atoms with Gasteiger partial charge in [0.05, 0.1) is 36.6 Å². The van der Waals surface area contributed by atoms with Crippen LogP contribution in [0.1, 0.15) is 32.6 Å². The Morgan fingerprint density at radius 1 is 1.06 bits per heavy atom. The lowest BCUT2D eigenvalue weighted by Crippen LogP contribution is -2.76. The Bertz CT molecular complexity index is 752. The van der Waals surface area contributed by atoms with Gasteiger partial charge in [-0.05, 0) is 31.7 Å². The second-order valence-electron chi connectivity index (χ2n) is 11.6. The van der Waals surface area contributed by atoms with Crippen molar-refractivity contribution in [3.8, 4) is 0 Å². The van der Waals surface area contributed by atoms with E-state index in [1.165, 1.54) is 0 Å². The van der Waals surface area contributed by atoms with E-state index in [1.807, 2.05) is 7.11 Å². The third-order valence-electron chi connectivity index (χ3n) is 11.1. The lowest BCUT2D eigenvalue weighted by atomic mass is 9.43. The van der Waals surface area contributed by atoms with Gasteiger partial charge in [-0.15, -0.1) is 0 Å². The van der Waals surface area contributed by atoms with Gasteiger partial charge in [0.2, 0.25) is 0 Å². The molecule has 0 aromatic rings. The van der Waals surface area contributed by atoms with Gasteiger partial charge in [-0.3, -0.25) is 4.90 Å². The zero-order chi connectivity index (χ0) is 21.9. The van der Waals surface area contributed by atoms with Gasteiger partial charge >= 0.3 is 0 Å². The summed E-state index contributed by atoms with van der Waals surface area (Å²) in [5, 5.41) is 35.9. The molecule has 13 atom stereocenters. The Morgan fingerprint density at radius 3 is 2.48 bits per heavy atom. The molecule has 7 nitrogen and oxygen atoms in total. The fraction of sp³-hybridized carbons (Fsp3) is 1.00. The number of fused-ring (bicyclic) bond motifs is 2. The number of methoxy groups -OCH3 is 3. The van der Waals surface area contributed by atoms with Crippen LogP contribution in [0, 0.1) is 40.4 Å². The molecular formula is C24H39NO6. The van der Waals surface area contributed by atoms with Crippen molar-refractivity contribution < 1.29 is 29.5 Å². The molecule has 176 valence electrons. The number of aliphatic hydroxyl groups excluding tert-OH is 2. The smallest absolute Gasteiger partial charge is 0.0796 e. The fourth-order valence-corrected chi connectivity index (χ4v) is 10.7. The van der Waals surface area contributed by atoms with E-state index in [4.69, 9.17) is 14.2 Å². The zero-order valence-electron chi connectivity index (χ0n) is 19.2. The molecule has 7 heteroatoms. The molecule has 3 N–H and O–H groups in total. The van der Waals surface area contributed by atoms with E-state index < -0.39 is 17.8 Å². The molecule has 0 aromatic carbocycles. The summed E-state index contributed by atoms with van der Waals surface area (Å²) in [4.78, 5) is 2.52. The molecule has 1 heterocycles. The molecule has 5 aliphatic carbocycles. The standard InChI is InChI=1S/C24H39NO6/c1-5-25-10-22(11-29-2)7-6-15(31-4)24-13-8-12-14(30-3)9-23(28,16(13)18(12)26)17(21(24)25)19(27)20(22)24/h12-21,26-28H,5-11H2,1-4H3/t12-,13-,14+,15+,16-,17+,18+,19+,20-,21?,22+,23-,24+/m1/s1. The van der Waals surface area contributed by atoms with Crippen LogP contribution in [-0.4, -0.2) is 97.3 Å². The van der Waals surface area contributed by atoms with E-state index in [0.717, 1.165) is 32.4 Å². The summed E-state index contributed by atoms with van der Waals surface area (Å²) in [5.41, 5.74) is -1.55. The zero-order valence-corrected chi connectivity index (χ0v) is 19.2. The highest BCUT2D eigenvalue weighted by molar-refractivity contribution is 5.35. The van der Waals surface area contributed by atoms with E-state index in [2.05, 4.69) is 11.8 Å². The maximum atomic E-state index is 12.4. The maximum Gasteiger partial charge on any atom is 0.0796 e. The highest BCUT2D eigenvalue weighted by Gasteiger charge is 2.86. The van der Waals surface area contributed by atoms with Gasteiger partial charge in [-0.1, -0.05) is 6.92 Å².